The van der Waals surface area contributed by atoms with Gasteiger partial charge in [-0.2, -0.15) is 0 Å². The Morgan fingerprint density at radius 2 is 1.78 bits per heavy atom. The Bertz CT molecular complexity index is 863. The summed E-state index contributed by atoms with van der Waals surface area (Å²) in [6.45, 7) is 1.10. The Morgan fingerprint density at radius 3 is 2.56 bits per heavy atom. The van der Waals surface area contributed by atoms with Crippen molar-refractivity contribution in [3.8, 4) is 11.5 Å². The summed E-state index contributed by atoms with van der Waals surface area (Å²) in [7, 11) is 0. The van der Waals surface area contributed by atoms with Crippen molar-refractivity contribution in [2.45, 2.75) is 37.6 Å². The molecule has 0 bridgehead atoms. The first kappa shape index (κ1) is 17.6. The van der Waals surface area contributed by atoms with Crippen molar-refractivity contribution in [2.24, 2.45) is 0 Å². The number of nitrogens with zero attached hydrogens (tertiary/aromatic N) is 1. The third-order valence-electron chi connectivity index (χ3n) is 5.75. The summed E-state index contributed by atoms with van der Waals surface area (Å²) in [6, 6.07) is 10.4. The van der Waals surface area contributed by atoms with Crippen LogP contribution in [0.4, 0.5) is 9.18 Å². The maximum absolute atomic E-state index is 13.6. The number of urea groups is 1. The fraction of sp³-hybridized carbons (Fsp3) is 0.381. The second-order valence-corrected chi connectivity index (χ2v) is 7.36. The minimum atomic E-state index is -0.733. The molecule has 1 atom stereocenters. The molecule has 1 aliphatic heterocycles. The van der Waals surface area contributed by atoms with E-state index in [1.807, 2.05) is 12.1 Å². The van der Waals surface area contributed by atoms with Gasteiger partial charge in [0.15, 0.2) is 11.6 Å². The van der Waals surface area contributed by atoms with Crippen molar-refractivity contribution >= 4 is 6.03 Å². The monoisotopic (exact) mass is 370 g/mol. The number of phenolic OH excluding ortho intramolecular Hbond substituents is 2. The molecule has 1 fully saturated rings. The number of carbonyl (C=O) groups excluding carboxylic acids is 1. The smallest absolute Gasteiger partial charge is 0.317 e. The predicted octanol–water partition coefficient (Wildman–Crippen LogP) is 3.81. The molecule has 27 heavy (non-hydrogen) atoms. The van der Waals surface area contributed by atoms with Gasteiger partial charge in [-0.05, 0) is 48.8 Å². The van der Waals surface area contributed by atoms with Crippen molar-refractivity contribution in [3.05, 3.63) is 58.9 Å². The molecule has 6 heteroatoms. The fourth-order valence-electron chi connectivity index (χ4n) is 4.23. The van der Waals surface area contributed by atoms with E-state index >= 15 is 0 Å². The average Bonchev–Trinajstić information content (AvgIpc) is 3.08. The number of piperidine rings is 1. The van der Waals surface area contributed by atoms with Gasteiger partial charge >= 0.3 is 6.03 Å². The fourth-order valence-corrected chi connectivity index (χ4v) is 4.23. The van der Waals surface area contributed by atoms with Crippen molar-refractivity contribution in [3.63, 3.8) is 0 Å². The lowest BCUT2D eigenvalue weighted by Crippen LogP contribution is -2.45. The highest BCUT2D eigenvalue weighted by atomic mass is 19.1. The highest BCUT2D eigenvalue weighted by Crippen LogP contribution is 2.37. The molecular formula is C21H23FN2O3. The van der Waals surface area contributed by atoms with Crippen molar-refractivity contribution in [1.82, 2.24) is 10.2 Å². The van der Waals surface area contributed by atoms with E-state index in [4.69, 9.17) is 0 Å². The molecule has 3 N–H and O–H groups in total. The summed E-state index contributed by atoms with van der Waals surface area (Å²) < 4.78 is 13.6. The summed E-state index contributed by atoms with van der Waals surface area (Å²) in [6.07, 6.45) is 3.19. The number of carbonyl (C=O) groups is 1. The van der Waals surface area contributed by atoms with E-state index in [1.54, 1.807) is 4.90 Å². The zero-order valence-corrected chi connectivity index (χ0v) is 15.0. The number of fused-ring (bicyclic) bond motifs is 1. The molecule has 2 aromatic rings. The molecule has 1 heterocycles. The normalized spacial score (nSPS) is 19.7. The van der Waals surface area contributed by atoms with Crippen LogP contribution in [0.3, 0.4) is 0 Å². The van der Waals surface area contributed by atoms with Crippen LogP contribution >= 0.6 is 0 Å². The third-order valence-corrected chi connectivity index (χ3v) is 5.75. The molecular weight excluding hydrogens is 347 g/mol. The number of likely N-dealkylation sites (tertiary alicyclic amines) is 1. The first-order valence-electron chi connectivity index (χ1n) is 9.37. The van der Waals surface area contributed by atoms with Crippen molar-refractivity contribution < 1.29 is 19.4 Å². The maximum Gasteiger partial charge on any atom is 0.317 e. The second-order valence-electron chi connectivity index (χ2n) is 7.36. The molecule has 0 unspecified atom stereocenters. The second kappa shape index (κ2) is 7.10. The summed E-state index contributed by atoms with van der Waals surface area (Å²) in [4.78, 5) is 14.4. The van der Waals surface area contributed by atoms with Crippen LogP contribution in [0, 0.1) is 5.82 Å². The largest absolute Gasteiger partial charge is 0.508 e. The summed E-state index contributed by atoms with van der Waals surface area (Å²) in [5, 5.41) is 22.5. The Hall–Kier alpha value is -2.76. The highest BCUT2D eigenvalue weighted by Gasteiger charge is 2.29. The molecule has 1 saturated heterocycles. The van der Waals surface area contributed by atoms with Crippen molar-refractivity contribution in [2.75, 3.05) is 13.1 Å². The van der Waals surface area contributed by atoms with E-state index in [2.05, 4.69) is 17.4 Å². The number of hydrogen-bond acceptors (Lipinski definition) is 3. The number of phenols is 2. The van der Waals surface area contributed by atoms with E-state index < -0.39 is 11.6 Å². The molecule has 142 valence electrons. The summed E-state index contributed by atoms with van der Waals surface area (Å²) >= 11 is 0. The Kier molecular flexibility index (Phi) is 4.64. The van der Waals surface area contributed by atoms with Gasteiger partial charge in [0.1, 0.15) is 5.75 Å². The molecule has 1 aliphatic carbocycles. The lowest BCUT2D eigenvalue weighted by Gasteiger charge is -2.33. The number of aromatic hydroxyl groups is 2. The van der Waals surface area contributed by atoms with Crippen molar-refractivity contribution in [1.29, 1.82) is 0 Å². The highest BCUT2D eigenvalue weighted by molar-refractivity contribution is 5.75. The van der Waals surface area contributed by atoms with Crippen LogP contribution in [0.1, 0.15) is 47.9 Å². The predicted molar refractivity (Wildman–Crippen MR) is 99.3 cm³/mol. The van der Waals surface area contributed by atoms with Gasteiger partial charge < -0.3 is 20.4 Å². The van der Waals surface area contributed by atoms with Gasteiger partial charge in [-0.1, -0.05) is 24.3 Å². The number of rotatable bonds is 2. The van der Waals surface area contributed by atoms with Crippen LogP contribution in [0.15, 0.2) is 36.4 Å². The van der Waals surface area contributed by atoms with Gasteiger partial charge in [0.2, 0.25) is 0 Å². The Morgan fingerprint density at radius 1 is 1.04 bits per heavy atom. The molecule has 0 spiro atoms. The number of amides is 2. The average molecular weight is 370 g/mol. The van der Waals surface area contributed by atoms with Gasteiger partial charge in [-0.3, -0.25) is 0 Å². The molecule has 0 radical (unpaired) electrons. The SMILES string of the molecule is O=C(N[C@H]1CCc2ccccc21)N1CCC(c2cc(F)c(O)cc2O)CC1. The number of benzene rings is 2. The van der Waals surface area contributed by atoms with E-state index in [0.717, 1.165) is 18.9 Å². The zero-order valence-electron chi connectivity index (χ0n) is 15.0. The number of nitrogens with one attached hydrogen (secondary N) is 1. The first-order chi connectivity index (χ1) is 13.0. The Balaban J connectivity index is 1.37. The van der Waals surface area contributed by atoms with Crippen LogP contribution < -0.4 is 5.32 Å². The first-order valence-corrected chi connectivity index (χ1v) is 9.37. The van der Waals surface area contributed by atoms with Crippen LogP contribution in [0.25, 0.3) is 0 Å². The number of halogens is 1. The minimum absolute atomic E-state index is 0.0312. The lowest BCUT2D eigenvalue weighted by molar-refractivity contribution is 0.177. The maximum atomic E-state index is 13.6. The Labute approximate surface area is 157 Å². The molecule has 2 amide bonds. The number of hydrogen-bond donors (Lipinski definition) is 3. The third kappa shape index (κ3) is 3.44. The molecule has 2 aliphatic rings. The van der Waals surface area contributed by atoms with E-state index in [-0.39, 0.29) is 23.7 Å². The topological polar surface area (TPSA) is 72.8 Å². The van der Waals surface area contributed by atoms with Gasteiger partial charge in [-0.15, -0.1) is 0 Å². The molecule has 0 aromatic heterocycles. The van der Waals surface area contributed by atoms with Crippen LogP contribution in [-0.4, -0.2) is 34.2 Å². The van der Waals surface area contributed by atoms with Gasteiger partial charge in [0, 0.05) is 24.7 Å². The van der Waals surface area contributed by atoms with E-state index in [9.17, 15) is 19.4 Å². The zero-order chi connectivity index (χ0) is 19.0. The van der Waals surface area contributed by atoms with Gasteiger partial charge in [0.25, 0.3) is 0 Å². The molecule has 2 aromatic carbocycles. The van der Waals surface area contributed by atoms with Gasteiger partial charge in [0.05, 0.1) is 6.04 Å². The standard InChI is InChI=1S/C21H23FN2O3/c22-17-11-16(19(25)12-20(17)26)14-7-9-24(10-8-14)21(27)23-18-6-5-13-3-1-2-4-15(13)18/h1-4,11-12,14,18,25-26H,5-10H2,(H,23,27)/t18-/m0/s1. The minimum Gasteiger partial charge on any atom is -0.508 e. The van der Waals surface area contributed by atoms with E-state index in [0.29, 0.717) is 31.5 Å². The van der Waals surface area contributed by atoms with Gasteiger partial charge in [-0.25, -0.2) is 9.18 Å². The quantitative estimate of drug-likeness (QED) is 0.753. The van der Waals surface area contributed by atoms with E-state index in [1.165, 1.54) is 17.2 Å². The number of aryl methyl sites for hydroxylation is 1. The summed E-state index contributed by atoms with van der Waals surface area (Å²) in [5.41, 5.74) is 2.99. The molecule has 0 saturated carbocycles. The molecule has 5 nitrogen and oxygen atoms in total. The lowest BCUT2D eigenvalue weighted by atomic mass is 9.88. The van der Waals surface area contributed by atoms with Crippen LogP contribution in [0.2, 0.25) is 0 Å². The van der Waals surface area contributed by atoms with Crippen LogP contribution in [-0.2, 0) is 6.42 Å². The van der Waals surface area contributed by atoms with Crippen LogP contribution in [0.5, 0.6) is 11.5 Å². The summed E-state index contributed by atoms with van der Waals surface area (Å²) in [5.74, 6) is -1.41. The molecule has 4 rings (SSSR count).